The summed E-state index contributed by atoms with van der Waals surface area (Å²) < 4.78 is 13.1. The van der Waals surface area contributed by atoms with E-state index < -0.39 is 0 Å². The largest absolute Gasteiger partial charge is 0.329 e. The molecular weight excluding hydrogens is 277 g/mol. The Morgan fingerprint density at radius 3 is 2.60 bits per heavy atom. The minimum absolute atomic E-state index is 0.0590. The molecule has 0 radical (unpaired) electrons. The Morgan fingerprint density at radius 1 is 1.30 bits per heavy atom. The summed E-state index contributed by atoms with van der Waals surface area (Å²) >= 11 is 6.12. The van der Waals surface area contributed by atoms with Crippen LogP contribution in [0.2, 0.25) is 5.02 Å². The molecule has 0 spiro atoms. The van der Waals surface area contributed by atoms with Gasteiger partial charge in [-0.15, -0.1) is 0 Å². The van der Waals surface area contributed by atoms with Crippen LogP contribution >= 0.6 is 11.6 Å². The highest BCUT2D eigenvalue weighted by atomic mass is 35.5. The lowest BCUT2D eigenvalue weighted by atomic mass is 10.0. The van der Waals surface area contributed by atoms with Crippen LogP contribution < -0.4 is 5.73 Å². The molecule has 2 aromatic rings. The molecule has 0 saturated heterocycles. The summed E-state index contributed by atoms with van der Waals surface area (Å²) in [6.45, 7) is 1.13. The molecule has 1 aromatic heterocycles. The predicted molar refractivity (Wildman–Crippen MR) is 78.9 cm³/mol. The Kier molecular flexibility index (Phi) is 5.06. The van der Waals surface area contributed by atoms with Gasteiger partial charge in [-0.25, -0.2) is 4.39 Å². The van der Waals surface area contributed by atoms with E-state index in [9.17, 15) is 4.39 Å². The maximum absolute atomic E-state index is 13.1. The fourth-order valence-electron chi connectivity index (χ4n) is 2.20. The second-order valence-electron chi connectivity index (χ2n) is 4.69. The molecule has 20 heavy (non-hydrogen) atoms. The van der Waals surface area contributed by atoms with Crippen molar-refractivity contribution in [2.45, 2.75) is 12.6 Å². The van der Waals surface area contributed by atoms with Crippen LogP contribution in [0, 0.1) is 5.82 Å². The van der Waals surface area contributed by atoms with Crippen LogP contribution in [0.5, 0.6) is 0 Å². The zero-order valence-electron chi connectivity index (χ0n) is 11.3. The number of pyridine rings is 1. The number of benzene rings is 1. The van der Waals surface area contributed by atoms with Crippen LogP contribution in [0.25, 0.3) is 0 Å². The van der Waals surface area contributed by atoms with Gasteiger partial charge < -0.3 is 5.73 Å². The van der Waals surface area contributed by atoms with Gasteiger partial charge in [-0.3, -0.25) is 9.88 Å². The summed E-state index contributed by atoms with van der Waals surface area (Å²) in [7, 11) is 1.97. The summed E-state index contributed by atoms with van der Waals surface area (Å²) in [6, 6.07) is 8.27. The van der Waals surface area contributed by atoms with Gasteiger partial charge in [0.1, 0.15) is 5.82 Å². The van der Waals surface area contributed by atoms with Crippen molar-refractivity contribution in [2.24, 2.45) is 5.73 Å². The molecule has 0 aliphatic heterocycles. The molecular formula is C15H17ClFN3. The SMILES string of the molecule is CN(Cc1ccncc1)C(CN)c1ccc(F)cc1Cl. The number of aromatic nitrogens is 1. The number of hydrogen-bond donors (Lipinski definition) is 1. The second-order valence-corrected chi connectivity index (χ2v) is 5.10. The molecule has 3 nitrogen and oxygen atoms in total. The molecule has 0 bridgehead atoms. The third kappa shape index (κ3) is 3.54. The zero-order valence-corrected chi connectivity index (χ0v) is 12.0. The molecule has 0 amide bonds. The van der Waals surface area contributed by atoms with Gasteiger partial charge in [0.25, 0.3) is 0 Å². The van der Waals surface area contributed by atoms with E-state index in [1.165, 1.54) is 12.1 Å². The average molecular weight is 294 g/mol. The maximum Gasteiger partial charge on any atom is 0.124 e. The van der Waals surface area contributed by atoms with E-state index in [1.807, 2.05) is 19.2 Å². The first-order chi connectivity index (χ1) is 9.61. The van der Waals surface area contributed by atoms with Gasteiger partial charge in [0.15, 0.2) is 0 Å². The summed E-state index contributed by atoms with van der Waals surface area (Å²) in [6.07, 6.45) is 3.51. The Labute approximate surface area is 123 Å². The maximum atomic E-state index is 13.1. The van der Waals surface area contributed by atoms with E-state index >= 15 is 0 Å². The number of likely N-dealkylation sites (N-methyl/N-ethyl adjacent to an activating group) is 1. The van der Waals surface area contributed by atoms with Crippen LogP contribution in [0.4, 0.5) is 4.39 Å². The molecule has 0 fully saturated rings. The Hall–Kier alpha value is -1.49. The van der Waals surface area contributed by atoms with E-state index in [2.05, 4.69) is 9.88 Å². The van der Waals surface area contributed by atoms with Crippen LogP contribution in [0.15, 0.2) is 42.7 Å². The Balaban J connectivity index is 2.19. The van der Waals surface area contributed by atoms with Crippen LogP contribution in [0.1, 0.15) is 17.2 Å². The highest BCUT2D eigenvalue weighted by Gasteiger charge is 2.18. The zero-order chi connectivity index (χ0) is 14.5. The van der Waals surface area contributed by atoms with E-state index in [-0.39, 0.29) is 11.9 Å². The predicted octanol–water partition coefficient (Wildman–Crippen LogP) is 3.01. The van der Waals surface area contributed by atoms with Crippen LogP contribution in [-0.4, -0.2) is 23.5 Å². The highest BCUT2D eigenvalue weighted by molar-refractivity contribution is 6.31. The molecule has 0 aliphatic carbocycles. The van der Waals surface area contributed by atoms with Crippen molar-refractivity contribution in [3.8, 4) is 0 Å². The van der Waals surface area contributed by atoms with Gasteiger partial charge in [-0.2, -0.15) is 0 Å². The van der Waals surface area contributed by atoms with Crippen molar-refractivity contribution in [3.63, 3.8) is 0 Å². The van der Waals surface area contributed by atoms with Gasteiger partial charge in [0, 0.05) is 36.5 Å². The first-order valence-corrected chi connectivity index (χ1v) is 6.73. The minimum atomic E-state index is -0.341. The van der Waals surface area contributed by atoms with Crippen molar-refractivity contribution < 1.29 is 4.39 Å². The Morgan fingerprint density at radius 2 is 2.00 bits per heavy atom. The van der Waals surface area contributed by atoms with E-state index in [4.69, 9.17) is 17.3 Å². The monoisotopic (exact) mass is 293 g/mol. The number of nitrogens with zero attached hydrogens (tertiary/aromatic N) is 2. The smallest absolute Gasteiger partial charge is 0.124 e. The van der Waals surface area contributed by atoms with Crippen molar-refractivity contribution >= 4 is 11.6 Å². The lowest BCUT2D eigenvalue weighted by Crippen LogP contribution is -2.30. The van der Waals surface area contributed by atoms with Crippen molar-refractivity contribution in [3.05, 3.63) is 64.7 Å². The van der Waals surface area contributed by atoms with Gasteiger partial charge in [0.05, 0.1) is 0 Å². The number of hydrogen-bond acceptors (Lipinski definition) is 3. The summed E-state index contributed by atoms with van der Waals surface area (Å²) in [5, 5.41) is 0.405. The standard InChI is InChI=1S/C15H17ClFN3/c1-20(10-11-4-6-19-7-5-11)15(9-18)13-3-2-12(17)8-14(13)16/h2-8,15H,9-10,18H2,1H3. The number of halogens is 2. The summed E-state index contributed by atoms with van der Waals surface area (Å²) in [5.74, 6) is -0.341. The van der Waals surface area contributed by atoms with Crippen molar-refractivity contribution in [1.82, 2.24) is 9.88 Å². The average Bonchev–Trinajstić information content (AvgIpc) is 2.43. The molecule has 0 saturated carbocycles. The molecule has 5 heteroatoms. The number of rotatable bonds is 5. The van der Waals surface area contributed by atoms with Crippen LogP contribution in [0.3, 0.4) is 0 Å². The number of nitrogens with two attached hydrogens (primary N) is 1. The minimum Gasteiger partial charge on any atom is -0.329 e. The van der Waals surface area contributed by atoms with Crippen LogP contribution in [-0.2, 0) is 6.54 Å². The molecule has 1 heterocycles. The fraction of sp³-hybridized carbons (Fsp3) is 0.267. The second kappa shape index (κ2) is 6.79. The van der Waals surface area contributed by atoms with Gasteiger partial charge >= 0.3 is 0 Å². The van der Waals surface area contributed by atoms with E-state index in [0.717, 1.165) is 17.7 Å². The van der Waals surface area contributed by atoms with Gasteiger partial charge in [-0.1, -0.05) is 17.7 Å². The summed E-state index contributed by atoms with van der Waals surface area (Å²) in [5.41, 5.74) is 7.84. The quantitative estimate of drug-likeness (QED) is 0.921. The first kappa shape index (κ1) is 14.9. The highest BCUT2D eigenvalue weighted by Crippen LogP contribution is 2.27. The Bertz CT molecular complexity index is 562. The molecule has 0 aliphatic rings. The first-order valence-electron chi connectivity index (χ1n) is 6.36. The molecule has 2 N–H and O–H groups in total. The molecule has 2 rings (SSSR count). The molecule has 1 aromatic carbocycles. The normalized spacial score (nSPS) is 12.7. The third-order valence-corrected chi connectivity index (χ3v) is 3.59. The molecule has 106 valence electrons. The van der Waals surface area contributed by atoms with E-state index in [1.54, 1.807) is 18.5 Å². The van der Waals surface area contributed by atoms with Crippen molar-refractivity contribution in [2.75, 3.05) is 13.6 Å². The fourth-order valence-corrected chi connectivity index (χ4v) is 2.50. The van der Waals surface area contributed by atoms with Crippen molar-refractivity contribution in [1.29, 1.82) is 0 Å². The lowest BCUT2D eigenvalue weighted by Gasteiger charge is -2.28. The lowest BCUT2D eigenvalue weighted by molar-refractivity contribution is 0.241. The molecule has 1 atom stereocenters. The third-order valence-electron chi connectivity index (χ3n) is 3.26. The van der Waals surface area contributed by atoms with Gasteiger partial charge in [-0.05, 0) is 42.4 Å². The topological polar surface area (TPSA) is 42.2 Å². The van der Waals surface area contributed by atoms with E-state index in [0.29, 0.717) is 11.6 Å². The summed E-state index contributed by atoms with van der Waals surface area (Å²) in [4.78, 5) is 6.09. The molecule has 1 unspecified atom stereocenters. The van der Waals surface area contributed by atoms with Gasteiger partial charge in [0.2, 0.25) is 0 Å².